The molecule has 1 aliphatic rings. The summed E-state index contributed by atoms with van der Waals surface area (Å²) >= 11 is 16.8. The summed E-state index contributed by atoms with van der Waals surface area (Å²) in [6, 6.07) is 3.40. The van der Waals surface area contributed by atoms with Crippen LogP contribution in [0.2, 0.25) is 10.0 Å². The third kappa shape index (κ3) is 3.00. The SMILES string of the molecule is O=C(Cl)NC1CC(=O)N(c2cc(Cl)cc(Cl)c2)C1=O. The van der Waals surface area contributed by atoms with Gasteiger partial charge in [0, 0.05) is 10.0 Å². The number of amides is 3. The third-order valence-corrected chi connectivity index (χ3v) is 3.09. The first kappa shape index (κ1) is 14.1. The van der Waals surface area contributed by atoms with Crippen molar-refractivity contribution in [1.29, 1.82) is 0 Å². The van der Waals surface area contributed by atoms with Gasteiger partial charge in [-0.2, -0.15) is 0 Å². The number of anilines is 1. The minimum absolute atomic E-state index is 0.151. The summed E-state index contributed by atoms with van der Waals surface area (Å²) in [5.74, 6) is -1.03. The number of nitrogens with one attached hydrogen (secondary N) is 1. The van der Waals surface area contributed by atoms with Gasteiger partial charge in [-0.25, -0.2) is 4.90 Å². The fraction of sp³-hybridized carbons (Fsp3) is 0.182. The van der Waals surface area contributed by atoms with Gasteiger partial charge in [0.05, 0.1) is 12.1 Å². The first-order chi connectivity index (χ1) is 8.88. The highest BCUT2D eigenvalue weighted by Gasteiger charge is 2.40. The predicted molar refractivity (Wildman–Crippen MR) is 71.7 cm³/mol. The van der Waals surface area contributed by atoms with Crippen LogP contribution in [0.25, 0.3) is 0 Å². The number of carbonyl (C=O) groups excluding carboxylic acids is 3. The first-order valence-electron chi connectivity index (χ1n) is 5.17. The van der Waals surface area contributed by atoms with Gasteiger partial charge in [0.2, 0.25) is 5.91 Å². The standard InChI is InChI=1S/C11H7Cl3N2O3/c12-5-1-6(13)3-7(2-5)16-9(17)4-8(10(16)18)15-11(14)19/h1-3,8H,4H2,(H,15,19). The van der Waals surface area contributed by atoms with Crippen LogP contribution in [-0.4, -0.2) is 23.2 Å². The van der Waals surface area contributed by atoms with Crippen molar-refractivity contribution in [3.8, 4) is 0 Å². The molecule has 1 fully saturated rings. The fourth-order valence-electron chi connectivity index (χ4n) is 1.82. The van der Waals surface area contributed by atoms with Crippen LogP contribution < -0.4 is 10.2 Å². The molecule has 0 spiro atoms. The Morgan fingerprint density at radius 2 is 1.79 bits per heavy atom. The molecule has 100 valence electrons. The van der Waals surface area contributed by atoms with Crippen molar-refractivity contribution < 1.29 is 14.4 Å². The second kappa shape index (κ2) is 5.36. The van der Waals surface area contributed by atoms with Gasteiger partial charge in [0.1, 0.15) is 6.04 Å². The molecule has 3 amide bonds. The summed E-state index contributed by atoms with van der Waals surface area (Å²) in [4.78, 5) is 35.5. The Balaban J connectivity index is 2.32. The van der Waals surface area contributed by atoms with Crippen LogP contribution in [0, 0.1) is 0 Å². The van der Waals surface area contributed by atoms with E-state index in [1.807, 2.05) is 0 Å². The Hall–Kier alpha value is -1.30. The largest absolute Gasteiger partial charge is 0.330 e. The van der Waals surface area contributed by atoms with Gasteiger partial charge in [0.25, 0.3) is 5.91 Å². The zero-order chi connectivity index (χ0) is 14.2. The van der Waals surface area contributed by atoms with Crippen molar-refractivity contribution in [2.24, 2.45) is 0 Å². The molecule has 19 heavy (non-hydrogen) atoms. The van der Waals surface area contributed by atoms with E-state index in [4.69, 9.17) is 34.8 Å². The Morgan fingerprint density at radius 1 is 1.21 bits per heavy atom. The Morgan fingerprint density at radius 3 is 2.32 bits per heavy atom. The molecule has 1 aliphatic heterocycles. The van der Waals surface area contributed by atoms with Crippen molar-refractivity contribution in [2.75, 3.05) is 4.90 Å². The van der Waals surface area contributed by atoms with E-state index >= 15 is 0 Å². The minimum Gasteiger partial charge on any atom is -0.330 e. The summed E-state index contributed by atoms with van der Waals surface area (Å²) in [6.45, 7) is 0. The highest BCUT2D eigenvalue weighted by Crippen LogP contribution is 2.29. The van der Waals surface area contributed by atoms with E-state index in [0.717, 1.165) is 4.90 Å². The maximum atomic E-state index is 12.0. The summed E-state index contributed by atoms with van der Waals surface area (Å²) in [7, 11) is 0. The molecule has 2 rings (SSSR count). The van der Waals surface area contributed by atoms with E-state index in [1.54, 1.807) is 0 Å². The molecule has 1 aromatic rings. The molecular formula is C11H7Cl3N2O3. The maximum Gasteiger partial charge on any atom is 0.314 e. The number of rotatable bonds is 2. The summed E-state index contributed by atoms with van der Waals surface area (Å²) in [5, 5.41) is 1.91. The van der Waals surface area contributed by atoms with Gasteiger partial charge in [-0.3, -0.25) is 14.4 Å². The van der Waals surface area contributed by atoms with Crippen molar-refractivity contribution in [1.82, 2.24) is 5.32 Å². The van der Waals surface area contributed by atoms with Gasteiger partial charge in [0.15, 0.2) is 0 Å². The summed E-state index contributed by atoms with van der Waals surface area (Å²) < 4.78 is 0. The lowest BCUT2D eigenvalue weighted by molar-refractivity contribution is -0.121. The average molecular weight is 322 g/mol. The van der Waals surface area contributed by atoms with Gasteiger partial charge in [-0.1, -0.05) is 23.2 Å². The van der Waals surface area contributed by atoms with Gasteiger partial charge >= 0.3 is 5.37 Å². The number of imide groups is 1. The smallest absolute Gasteiger partial charge is 0.314 e. The van der Waals surface area contributed by atoms with Crippen molar-refractivity contribution in [2.45, 2.75) is 12.5 Å². The highest BCUT2D eigenvalue weighted by molar-refractivity contribution is 6.63. The van der Waals surface area contributed by atoms with Crippen LogP contribution in [0.15, 0.2) is 18.2 Å². The Kier molecular flexibility index (Phi) is 3.99. The van der Waals surface area contributed by atoms with Crippen molar-refractivity contribution >= 4 is 57.7 Å². The zero-order valence-electron chi connectivity index (χ0n) is 9.32. The average Bonchev–Trinajstić information content (AvgIpc) is 2.51. The first-order valence-corrected chi connectivity index (χ1v) is 6.31. The number of hydrogen-bond acceptors (Lipinski definition) is 3. The molecule has 0 radical (unpaired) electrons. The molecular weight excluding hydrogens is 314 g/mol. The van der Waals surface area contributed by atoms with Crippen molar-refractivity contribution in [3.63, 3.8) is 0 Å². The van der Waals surface area contributed by atoms with Gasteiger partial charge < -0.3 is 5.32 Å². The molecule has 1 unspecified atom stereocenters. The monoisotopic (exact) mass is 320 g/mol. The Labute approximate surface area is 123 Å². The summed E-state index contributed by atoms with van der Waals surface area (Å²) in [5.41, 5.74) is 0.263. The molecule has 0 aliphatic carbocycles. The molecule has 5 nitrogen and oxygen atoms in total. The van der Waals surface area contributed by atoms with E-state index in [-0.39, 0.29) is 12.1 Å². The van der Waals surface area contributed by atoms with Crippen LogP contribution in [-0.2, 0) is 9.59 Å². The second-order valence-corrected chi connectivity index (χ2v) is 5.09. The van der Waals surface area contributed by atoms with E-state index in [2.05, 4.69) is 5.32 Å². The number of halogens is 3. The van der Waals surface area contributed by atoms with Gasteiger partial charge in [-0.05, 0) is 29.8 Å². The zero-order valence-corrected chi connectivity index (χ0v) is 11.6. The van der Waals surface area contributed by atoms with E-state index in [0.29, 0.717) is 10.0 Å². The van der Waals surface area contributed by atoms with E-state index in [9.17, 15) is 14.4 Å². The van der Waals surface area contributed by atoms with E-state index in [1.165, 1.54) is 18.2 Å². The van der Waals surface area contributed by atoms with E-state index < -0.39 is 23.2 Å². The molecule has 0 saturated carbocycles. The highest BCUT2D eigenvalue weighted by atomic mass is 35.5. The topological polar surface area (TPSA) is 66.5 Å². The quantitative estimate of drug-likeness (QED) is 0.517. The fourth-order valence-corrected chi connectivity index (χ4v) is 2.47. The molecule has 1 N–H and O–H groups in total. The number of benzene rings is 1. The third-order valence-electron chi connectivity index (χ3n) is 2.54. The van der Waals surface area contributed by atoms with Crippen LogP contribution in [0.1, 0.15) is 6.42 Å². The molecule has 1 aromatic carbocycles. The molecule has 1 saturated heterocycles. The molecule has 8 heteroatoms. The number of carbonyl (C=O) groups is 3. The maximum absolute atomic E-state index is 12.0. The Bertz CT molecular complexity index is 556. The molecule has 1 heterocycles. The van der Waals surface area contributed by atoms with Crippen LogP contribution in [0.5, 0.6) is 0 Å². The molecule has 1 atom stereocenters. The normalized spacial score (nSPS) is 18.9. The summed E-state index contributed by atoms with van der Waals surface area (Å²) in [6.07, 6.45) is -0.151. The minimum atomic E-state index is -0.963. The van der Waals surface area contributed by atoms with Crippen LogP contribution in [0.4, 0.5) is 10.5 Å². The molecule has 0 aromatic heterocycles. The number of hydrogen-bond donors (Lipinski definition) is 1. The second-order valence-electron chi connectivity index (χ2n) is 3.87. The van der Waals surface area contributed by atoms with Crippen molar-refractivity contribution in [3.05, 3.63) is 28.2 Å². The lowest BCUT2D eigenvalue weighted by Crippen LogP contribution is -2.39. The lowest BCUT2D eigenvalue weighted by Gasteiger charge is -2.15. The molecule has 0 bridgehead atoms. The number of nitrogens with zero attached hydrogens (tertiary/aromatic N) is 1. The van der Waals surface area contributed by atoms with Crippen LogP contribution in [0.3, 0.4) is 0 Å². The van der Waals surface area contributed by atoms with Gasteiger partial charge in [-0.15, -0.1) is 0 Å². The van der Waals surface area contributed by atoms with Crippen LogP contribution >= 0.6 is 34.8 Å². The lowest BCUT2D eigenvalue weighted by atomic mass is 10.2. The predicted octanol–water partition coefficient (Wildman–Crippen LogP) is 2.57.